The van der Waals surface area contributed by atoms with E-state index in [0.717, 1.165) is 5.57 Å². The maximum Gasteiger partial charge on any atom is 0.223 e. The van der Waals surface area contributed by atoms with Crippen molar-refractivity contribution >= 4 is 12.3 Å². The molecule has 4 nitrogen and oxygen atoms in total. The van der Waals surface area contributed by atoms with Crippen molar-refractivity contribution in [3.63, 3.8) is 0 Å². The molecule has 0 aromatic heterocycles. The minimum Gasteiger partial charge on any atom is -0.354 e. The van der Waals surface area contributed by atoms with E-state index in [0.29, 0.717) is 19.3 Å². The molecule has 0 fully saturated rings. The first-order valence-electron chi connectivity index (χ1n) is 5.76. The lowest BCUT2D eigenvalue weighted by Gasteiger charge is -2.13. The quantitative estimate of drug-likeness (QED) is 0.498. The first kappa shape index (κ1) is 15.4. The predicted octanol–water partition coefficient (Wildman–Crippen LogP) is 1.54. The van der Waals surface area contributed by atoms with Crippen LogP contribution < -0.4 is 10.6 Å². The van der Waals surface area contributed by atoms with Crippen molar-refractivity contribution in [2.75, 3.05) is 0 Å². The minimum absolute atomic E-state index is 0.00599. The Bertz CT molecular complexity index is 296. The molecule has 0 rings (SSSR count). The summed E-state index contributed by atoms with van der Waals surface area (Å²) in [6, 6.07) is 0.104. The molecule has 0 aliphatic rings. The smallest absolute Gasteiger partial charge is 0.223 e. The number of carbonyl (C=O) groups excluding carboxylic acids is 2. The van der Waals surface area contributed by atoms with Crippen LogP contribution in [0.2, 0.25) is 0 Å². The Kier molecular flexibility index (Phi) is 7.76. The molecule has 0 saturated heterocycles. The Labute approximate surface area is 103 Å². The van der Waals surface area contributed by atoms with Gasteiger partial charge in [-0.3, -0.25) is 9.59 Å². The van der Waals surface area contributed by atoms with Crippen LogP contribution in [0.5, 0.6) is 0 Å². The third-order valence-corrected chi connectivity index (χ3v) is 2.16. The van der Waals surface area contributed by atoms with Crippen molar-refractivity contribution in [1.82, 2.24) is 10.6 Å². The van der Waals surface area contributed by atoms with E-state index in [1.54, 1.807) is 6.08 Å². The minimum atomic E-state index is -0.0584. The number of hydrogen-bond acceptors (Lipinski definition) is 2. The lowest BCUT2D eigenvalue weighted by molar-refractivity contribution is -0.120. The SMILES string of the molecule is C=C(C)C(C/C=C\CC(=O)NC(C)C)NC=O. The number of rotatable bonds is 8. The standard InChI is InChI=1S/C13H22N2O2/c1-10(2)12(14-9-16)7-5-6-8-13(17)15-11(3)4/h5-6,9,11-12H,1,7-8H2,2-4H3,(H,14,16)(H,15,17)/b6-5-. The molecule has 0 bridgehead atoms. The highest BCUT2D eigenvalue weighted by atomic mass is 16.1. The number of carbonyl (C=O) groups is 2. The molecular formula is C13H22N2O2. The Hall–Kier alpha value is -1.58. The Balaban J connectivity index is 3.96. The van der Waals surface area contributed by atoms with Crippen LogP contribution >= 0.6 is 0 Å². The topological polar surface area (TPSA) is 58.2 Å². The van der Waals surface area contributed by atoms with Crippen LogP contribution in [0.25, 0.3) is 0 Å². The fourth-order valence-electron chi connectivity index (χ4n) is 1.30. The van der Waals surface area contributed by atoms with Crippen LogP contribution in [-0.2, 0) is 9.59 Å². The monoisotopic (exact) mass is 238 g/mol. The van der Waals surface area contributed by atoms with Crippen LogP contribution in [0.1, 0.15) is 33.6 Å². The summed E-state index contributed by atoms with van der Waals surface area (Å²) in [4.78, 5) is 21.6. The van der Waals surface area contributed by atoms with E-state index in [9.17, 15) is 9.59 Å². The van der Waals surface area contributed by atoms with Gasteiger partial charge in [-0.05, 0) is 27.2 Å². The third kappa shape index (κ3) is 8.25. The van der Waals surface area contributed by atoms with Crippen molar-refractivity contribution in [3.05, 3.63) is 24.3 Å². The highest BCUT2D eigenvalue weighted by Crippen LogP contribution is 2.03. The highest BCUT2D eigenvalue weighted by molar-refractivity contribution is 5.77. The summed E-state index contributed by atoms with van der Waals surface area (Å²) >= 11 is 0. The molecule has 2 N–H and O–H groups in total. The summed E-state index contributed by atoms with van der Waals surface area (Å²) in [7, 11) is 0. The predicted molar refractivity (Wildman–Crippen MR) is 69.5 cm³/mol. The zero-order valence-electron chi connectivity index (χ0n) is 10.8. The molecule has 0 aliphatic heterocycles. The van der Waals surface area contributed by atoms with Gasteiger partial charge in [0.25, 0.3) is 0 Å². The molecule has 0 aromatic carbocycles. The average molecular weight is 238 g/mol. The van der Waals surface area contributed by atoms with Gasteiger partial charge >= 0.3 is 0 Å². The van der Waals surface area contributed by atoms with E-state index >= 15 is 0 Å². The van der Waals surface area contributed by atoms with Crippen LogP contribution in [0.4, 0.5) is 0 Å². The van der Waals surface area contributed by atoms with Gasteiger partial charge in [0, 0.05) is 12.5 Å². The molecule has 0 aromatic rings. The summed E-state index contributed by atoms with van der Waals surface area (Å²) in [5, 5.41) is 5.47. The molecule has 96 valence electrons. The summed E-state index contributed by atoms with van der Waals surface area (Å²) in [6.07, 6.45) is 5.37. The molecule has 0 radical (unpaired) electrons. The van der Waals surface area contributed by atoms with E-state index in [1.807, 2.05) is 26.8 Å². The number of nitrogens with one attached hydrogen (secondary N) is 2. The second-order valence-corrected chi connectivity index (χ2v) is 4.32. The molecule has 1 atom stereocenters. The fourth-order valence-corrected chi connectivity index (χ4v) is 1.30. The second kappa shape index (κ2) is 8.56. The van der Waals surface area contributed by atoms with Crippen molar-refractivity contribution in [2.24, 2.45) is 0 Å². The maximum atomic E-state index is 11.3. The molecule has 0 heterocycles. The van der Waals surface area contributed by atoms with Crippen molar-refractivity contribution in [3.8, 4) is 0 Å². The van der Waals surface area contributed by atoms with Gasteiger partial charge in [-0.15, -0.1) is 0 Å². The average Bonchev–Trinajstić information content (AvgIpc) is 2.21. The summed E-state index contributed by atoms with van der Waals surface area (Å²) in [5.41, 5.74) is 0.897. The molecule has 17 heavy (non-hydrogen) atoms. The Morgan fingerprint density at radius 3 is 2.47 bits per heavy atom. The molecule has 2 amide bonds. The van der Waals surface area contributed by atoms with Gasteiger partial charge in [0.1, 0.15) is 0 Å². The van der Waals surface area contributed by atoms with E-state index in [1.165, 1.54) is 0 Å². The van der Waals surface area contributed by atoms with Gasteiger partial charge in [-0.2, -0.15) is 0 Å². The van der Waals surface area contributed by atoms with Crippen LogP contribution in [-0.4, -0.2) is 24.4 Å². The Morgan fingerprint density at radius 1 is 1.35 bits per heavy atom. The molecule has 4 heteroatoms. The molecule has 1 unspecified atom stereocenters. The van der Waals surface area contributed by atoms with Crippen molar-refractivity contribution in [1.29, 1.82) is 0 Å². The van der Waals surface area contributed by atoms with E-state index in [4.69, 9.17) is 0 Å². The van der Waals surface area contributed by atoms with Crippen LogP contribution in [0, 0.1) is 0 Å². The van der Waals surface area contributed by atoms with Gasteiger partial charge < -0.3 is 10.6 Å². The van der Waals surface area contributed by atoms with Gasteiger partial charge in [0.2, 0.25) is 12.3 Å². The lowest BCUT2D eigenvalue weighted by atomic mass is 10.1. The zero-order valence-corrected chi connectivity index (χ0v) is 10.8. The van der Waals surface area contributed by atoms with Crippen molar-refractivity contribution < 1.29 is 9.59 Å². The molecular weight excluding hydrogens is 216 g/mol. The second-order valence-electron chi connectivity index (χ2n) is 4.32. The van der Waals surface area contributed by atoms with Crippen molar-refractivity contribution in [2.45, 2.75) is 45.7 Å². The number of hydrogen-bond donors (Lipinski definition) is 2. The summed E-state index contributed by atoms with van der Waals surface area (Å²) in [5.74, 6) is 0.00599. The number of amides is 2. The first-order valence-corrected chi connectivity index (χ1v) is 5.76. The van der Waals surface area contributed by atoms with Gasteiger partial charge in [-0.1, -0.05) is 24.3 Å². The van der Waals surface area contributed by atoms with E-state index < -0.39 is 0 Å². The van der Waals surface area contributed by atoms with Crippen LogP contribution in [0.3, 0.4) is 0 Å². The molecule has 0 saturated carbocycles. The van der Waals surface area contributed by atoms with Gasteiger partial charge in [0.15, 0.2) is 0 Å². The molecule has 0 spiro atoms. The highest BCUT2D eigenvalue weighted by Gasteiger charge is 2.05. The third-order valence-electron chi connectivity index (χ3n) is 2.16. The summed E-state index contributed by atoms with van der Waals surface area (Å²) in [6.45, 7) is 9.50. The van der Waals surface area contributed by atoms with E-state index in [-0.39, 0.29) is 18.0 Å². The summed E-state index contributed by atoms with van der Waals surface area (Å²) < 4.78 is 0. The lowest BCUT2D eigenvalue weighted by Crippen LogP contribution is -2.29. The van der Waals surface area contributed by atoms with Crippen LogP contribution in [0.15, 0.2) is 24.3 Å². The largest absolute Gasteiger partial charge is 0.354 e. The zero-order chi connectivity index (χ0) is 13.3. The molecule has 0 aliphatic carbocycles. The Morgan fingerprint density at radius 2 is 2.00 bits per heavy atom. The first-order chi connectivity index (χ1) is 7.97. The normalized spacial score (nSPS) is 12.5. The van der Waals surface area contributed by atoms with Gasteiger partial charge in [0.05, 0.1) is 6.04 Å². The fraction of sp³-hybridized carbons (Fsp3) is 0.538. The van der Waals surface area contributed by atoms with Gasteiger partial charge in [-0.25, -0.2) is 0 Å². The van der Waals surface area contributed by atoms with E-state index in [2.05, 4.69) is 17.2 Å². The maximum absolute atomic E-state index is 11.3.